The normalized spacial score (nSPS) is 17.0. The second kappa shape index (κ2) is 9.04. The molecule has 0 N–H and O–H groups in total. The zero-order valence-corrected chi connectivity index (χ0v) is 15.0. The van der Waals surface area contributed by atoms with E-state index in [1.54, 1.807) is 5.57 Å². The molecule has 0 saturated heterocycles. The molecular formula is C18H33Al. The van der Waals surface area contributed by atoms with E-state index in [9.17, 15) is 0 Å². The minimum atomic E-state index is -0.763. The van der Waals surface area contributed by atoms with E-state index in [2.05, 4.69) is 46.8 Å². The molecule has 0 heterocycles. The molecule has 0 unspecified atom stereocenters. The maximum atomic E-state index is 2.58. The Balaban J connectivity index is 2.90. The Morgan fingerprint density at radius 1 is 1.16 bits per heavy atom. The van der Waals surface area contributed by atoms with Gasteiger partial charge in [-0.1, -0.05) is 74.7 Å². The van der Waals surface area contributed by atoms with Gasteiger partial charge in [0, 0.05) is 0 Å². The maximum absolute atomic E-state index is 2.58. The molecule has 0 saturated carbocycles. The van der Waals surface area contributed by atoms with E-state index in [0.29, 0.717) is 0 Å². The molecule has 1 heteroatoms. The largest absolute Gasteiger partial charge is 0.306 e. The van der Waals surface area contributed by atoms with Crippen molar-refractivity contribution in [2.75, 3.05) is 0 Å². The van der Waals surface area contributed by atoms with Crippen molar-refractivity contribution in [1.82, 2.24) is 0 Å². The van der Waals surface area contributed by atoms with Gasteiger partial charge >= 0.3 is 14.1 Å². The van der Waals surface area contributed by atoms with Crippen molar-refractivity contribution in [3.8, 4) is 0 Å². The standard InChI is InChI=1S/C10H15.2C4H9.Al/c1-2-3-7-10-8-5-4-6-9-10;2*1-4(2)3;/h3,8H,2,4-6,9H2,1H3;2*4H,1H2,2-3H3;. The third-order valence-electron chi connectivity index (χ3n) is 4.04. The molecule has 0 aromatic carbocycles. The molecule has 1 rings (SSSR count). The SMILES string of the molecule is CC/C=[C](\C1=CCCCC1)[Al]([CH2]C(C)C)[CH2]C(C)C. The fourth-order valence-corrected chi connectivity index (χ4v) is 7.70. The van der Waals surface area contributed by atoms with Crippen LogP contribution in [0.15, 0.2) is 22.2 Å². The molecule has 0 aromatic rings. The number of hydrogen-bond acceptors (Lipinski definition) is 0. The van der Waals surface area contributed by atoms with Crippen molar-refractivity contribution in [3.05, 3.63) is 22.2 Å². The fraction of sp³-hybridized carbons (Fsp3) is 0.778. The minimum Gasteiger partial charge on any atom is -0.111 e. The summed E-state index contributed by atoms with van der Waals surface area (Å²) < 4.78 is 1.84. The summed E-state index contributed by atoms with van der Waals surface area (Å²) in [6, 6.07) is 0. The number of hydrogen-bond donors (Lipinski definition) is 0. The van der Waals surface area contributed by atoms with Crippen molar-refractivity contribution >= 4 is 14.1 Å². The van der Waals surface area contributed by atoms with E-state index < -0.39 is 14.1 Å². The van der Waals surface area contributed by atoms with Crippen LogP contribution in [-0.2, 0) is 0 Å². The van der Waals surface area contributed by atoms with Gasteiger partial charge in [-0.25, -0.2) is 0 Å². The van der Waals surface area contributed by atoms with Crippen LogP contribution in [0.1, 0.15) is 66.7 Å². The Labute approximate surface area is 125 Å². The highest BCUT2D eigenvalue weighted by molar-refractivity contribution is 6.68. The second-order valence-corrected chi connectivity index (χ2v) is 9.96. The summed E-state index contributed by atoms with van der Waals surface area (Å²) in [6.07, 6.45) is 11.9. The highest BCUT2D eigenvalue weighted by atomic mass is 27.2. The van der Waals surface area contributed by atoms with Crippen LogP contribution in [0.5, 0.6) is 0 Å². The lowest BCUT2D eigenvalue weighted by Crippen LogP contribution is -2.23. The van der Waals surface area contributed by atoms with E-state index >= 15 is 0 Å². The van der Waals surface area contributed by atoms with Crippen molar-refractivity contribution in [2.45, 2.75) is 77.3 Å². The molecule has 0 amide bonds. The van der Waals surface area contributed by atoms with Gasteiger partial charge < -0.3 is 0 Å². The maximum Gasteiger partial charge on any atom is 0.306 e. The monoisotopic (exact) mass is 276 g/mol. The summed E-state index contributed by atoms with van der Waals surface area (Å²) in [4.78, 5) is 0. The molecular weight excluding hydrogens is 243 g/mol. The van der Waals surface area contributed by atoms with E-state index in [4.69, 9.17) is 0 Å². The van der Waals surface area contributed by atoms with Crippen LogP contribution in [0.2, 0.25) is 10.6 Å². The van der Waals surface area contributed by atoms with Crippen LogP contribution in [0.4, 0.5) is 0 Å². The van der Waals surface area contributed by atoms with Gasteiger partial charge in [-0.2, -0.15) is 0 Å². The van der Waals surface area contributed by atoms with Gasteiger partial charge in [0.1, 0.15) is 0 Å². The van der Waals surface area contributed by atoms with Crippen molar-refractivity contribution in [1.29, 1.82) is 0 Å². The van der Waals surface area contributed by atoms with Gasteiger partial charge in [-0.05, 0) is 32.1 Å². The van der Waals surface area contributed by atoms with E-state index in [1.807, 2.05) is 4.44 Å². The van der Waals surface area contributed by atoms with Crippen LogP contribution in [0.3, 0.4) is 0 Å². The molecule has 0 nitrogen and oxygen atoms in total. The molecule has 1 aliphatic carbocycles. The first-order valence-electron chi connectivity index (χ1n) is 8.44. The summed E-state index contributed by atoms with van der Waals surface area (Å²) in [5, 5.41) is 2.97. The Kier molecular flexibility index (Phi) is 8.12. The zero-order valence-electron chi connectivity index (χ0n) is 13.8. The van der Waals surface area contributed by atoms with Gasteiger partial charge in [0.15, 0.2) is 0 Å². The summed E-state index contributed by atoms with van der Waals surface area (Å²) in [5.41, 5.74) is 1.74. The average molecular weight is 276 g/mol. The van der Waals surface area contributed by atoms with E-state index in [-0.39, 0.29) is 0 Å². The van der Waals surface area contributed by atoms with Gasteiger partial charge in [-0.15, -0.1) is 4.44 Å². The quantitative estimate of drug-likeness (QED) is 0.488. The highest BCUT2D eigenvalue weighted by Gasteiger charge is 2.26. The predicted molar refractivity (Wildman–Crippen MR) is 90.0 cm³/mol. The summed E-state index contributed by atoms with van der Waals surface area (Å²) in [7, 11) is 0. The Bertz CT molecular complexity index is 300. The first-order chi connectivity index (χ1) is 9.04. The van der Waals surface area contributed by atoms with Crippen LogP contribution in [0.25, 0.3) is 0 Å². The second-order valence-electron chi connectivity index (χ2n) is 7.00. The van der Waals surface area contributed by atoms with Gasteiger partial charge in [0.25, 0.3) is 0 Å². The van der Waals surface area contributed by atoms with Gasteiger partial charge in [0.2, 0.25) is 0 Å². The predicted octanol–water partition coefficient (Wildman–Crippen LogP) is 6.17. The topological polar surface area (TPSA) is 0 Å². The van der Waals surface area contributed by atoms with Crippen molar-refractivity contribution in [2.24, 2.45) is 11.8 Å². The minimum absolute atomic E-state index is 0.763. The molecule has 1 aliphatic rings. The van der Waals surface area contributed by atoms with Crippen LogP contribution in [0, 0.1) is 11.8 Å². The summed E-state index contributed by atoms with van der Waals surface area (Å²) in [5.74, 6) is 1.72. The first kappa shape index (κ1) is 17.1. The van der Waals surface area contributed by atoms with Crippen LogP contribution >= 0.6 is 0 Å². The molecule has 19 heavy (non-hydrogen) atoms. The molecule has 0 atom stereocenters. The van der Waals surface area contributed by atoms with Crippen molar-refractivity contribution < 1.29 is 0 Å². The molecule has 0 fully saturated rings. The third-order valence-corrected chi connectivity index (χ3v) is 8.55. The summed E-state index contributed by atoms with van der Waals surface area (Å²) in [6.45, 7) is 11.9. The molecule has 0 bridgehead atoms. The Morgan fingerprint density at radius 2 is 1.79 bits per heavy atom. The molecule has 0 radical (unpaired) electrons. The average Bonchev–Trinajstić information content (AvgIpc) is 2.35. The highest BCUT2D eigenvalue weighted by Crippen LogP contribution is 2.31. The lowest BCUT2D eigenvalue weighted by molar-refractivity contribution is 0.686. The van der Waals surface area contributed by atoms with Crippen LogP contribution < -0.4 is 0 Å². The lowest BCUT2D eigenvalue weighted by Gasteiger charge is -2.24. The smallest absolute Gasteiger partial charge is 0.111 e. The van der Waals surface area contributed by atoms with E-state index in [0.717, 1.165) is 11.8 Å². The number of rotatable bonds is 7. The van der Waals surface area contributed by atoms with Gasteiger partial charge in [0.05, 0.1) is 0 Å². The molecule has 0 aromatic heterocycles. The fourth-order valence-electron chi connectivity index (χ4n) is 3.37. The Morgan fingerprint density at radius 3 is 2.21 bits per heavy atom. The molecule has 0 spiro atoms. The number of allylic oxidation sites excluding steroid dienone is 4. The van der Waals surface area contributed by atoms with Gasteiger partial charge in [-0.3, -0.25) is 0 Å². The van der Waals surface area contributed by atoms with E-state index in [1.165, 1.54) is 42.7 Å². The lowest BCUT2D eigenvalue weighted by atomic mass is 9.99. The Hall–Kier alpha value is 0.0125. The molecule has 0 aliphatic heterocycles. The van der Waals surface area contributed by atoms with Crippen LogP contribution in [-0.4, -0.2) is 14.1 Å². The van der Waals surface area contributed by atoms with Crippen molar-refractivity contribution in [3.63, 3.8) is 0 Å². The first-order valence-corrected chi connectivity index (χ1v) is 10.6. The third kappa shape index (κ3) is 6.33. The molecule has 108 valence electrons. The summed E-state index contributed by atoms with van der Waals surface area (Å²) >= 11 is -0.763. The zero-order chi connectivity index (χ0) is 14.3.